The summed E-state index contributed by atoms with van der Waals surface area (Å²) in [5.74, 6) is 1.04. The van der Waals surface area contributed by atoms with Crippen molar-refractivity contribution >= 4 is 17.4 Å². The summed E-state index contributed by atoms with van der Waals surface area (Å²) in [4.78, 5) is 11.9. The van der Waals surface area contributed by atoms with Crippen LogP contribution in [0.3, 0.4) is 0 Å². The average molecular weight is 276 g/mol. The molecule has 0 atom stereocenters. The number of carbonyl (C=O) groups is 1. The van der Waals surface area contributed by atoms with E-state index < -0.39 is 0 Å². The standard InChI is InChI=1S/C16H18ClNO/c17-13-3-1-11(12-2-4-14(19)15(12)13)5-10-6-16(7-10)8-18-9-16/h1,3,10,18H,2,4-9H2. The number of halogens is 1. The Morgan fingerprint density at radius 3 is 2.74 bits per heavy atom. The summed E-state index contributed by atoms with van der Waals surface area (Å²) in [6.45, 7) is 2.42. The van der Waals surface area contributed by atoms with Gasteiger partial charge in [0.25, 0.3) is 0 Å². The fourth-order valence-electron chi connectivity index (χ4n) is 4.19. The molecule has 4 rings (SSSR count). The van der Waals surface area contributed by atoms with Crippen LogP contribution >= 0.6 is 11.6 Å². The zero-order valence-corrected chi connectivity index (χ0v) is 11.7. The number of hydrogen-bond donors (Lipinski definition) is 1. The van der Waals surface area contributed by atoms with E-state index in [4.69, 9.17) is 11.6 Å². The van der Waals surface area contributed by atoms with Crippen molar-refractivity contribution in [2.75, 3.05) is 13.1 Å². The van der Waals surface area contributed by atoms with E-state index in [-0.39, 0.29) is 5.78 Å². The Bertz CT molecular complexity index is 554. The van der Waals surface area contributed by atoms with Crippen LogP contribution in [0.1, 0.15) is 40.7 Å². The molecule has 3 aliphatic rings. The molecule has 2 fully saturated rings. The van der Waals surface area contributed by atoms with Crippen LogP contribution in [0, 0.1) is 11.3 Å². The minimum Gasteiger partial charge on any atom is -0.316 e. The molecule has 2 aliphatic carbocycles. The highest BCUT2D eigenvalue weighted by atomic mass is 35.5. The summed E-state index contributed by atoms with van der Waals surface area (Å²) >= 11 is 6.17. The van der Waals surface area contributed by atoms with E-state index in [9.17, 15) is 4.79 Å². The molecule has 1 aromatic carbocycles. The van der Waals surface area contributed by atoms with Crippen LogP contribution in [0.2, 0.25) is 5.02 Å². The maximum Gasteiger partial charge on any atom is 0.164 e. The largest absolute Gasteiger partial charge is 0.316 e. The van der Waals surface area contributed by atoms with Gasteiger partial charge in [0.1, 0.15) is 0 Å². The molecule has 1 aliphatic heterocycles. The lowest BCUT2D eigenvalue weighted by atomic mass is 9.57. The van der Waals surface area contributed by atoms with E-state index in [1.165, 1.54) is 37.1 Å². The maximum absolute atomic E-state index is 11.9. The van der Waals surface area contributed by atoms with Crippen molar-refractivity contribution in [3.05, 3.63) is 33.8 Å². The highest BCUT2D eigenvalue weighted by Gasteiger charge is 2.48. The minimum atomic E-state index is 0.232. The fourth-order valence-corrected chi connectivity index (χ4v) is 4.47. The van der Waals surface area contributed by atoms with Crippen LogP contribution in [0.4, 0.5) is 0 Å². The Kier molecular flexibility index (Phi) is 2.55. The van der Waals surface area contributed by atoms with E-state index in [0.717, 1.165) is 24.3 Å². The number of ketones is 1. The molecule has 0 bridgehead atoms. The molecule has 0 radical (unpaired) electrons. The number of benzene rings is 1. The van der Waals surface area contributed by atoms with Gasteiger partial charge in [-0.3, -0.25) is 4.79 Å². The predicted octanol–water partition coefficient (Wildman–Crippen LogP) is 3.01. The van der Waals surface area contributed by atoms with E-state index in [1.807, 2.05) is 6.07 Å². The third-order valence-electron chi connectivity index (χ3n) is 5.19. The van der Waals surface area contributed by atoms with Gasteiger partial charge in [-0.25, -0.2) is 0 Å². The average Bonchev–Trinajstić information content (AvgIpc) is 2.67. The van der Waals surface area contributed by atoms with Gasteiger partial charge in [0, 0.05) is 25.1 Å². The van der Waals surface area contributed by atoms with Crippen LogP contribution in [0.25, 0.3) is 0 Å². The number of carbonyl (C=O) groups excluding carboxylic acids is 1. The lowest BCUT2D eigenvalue weighted by molar-refractivity contribution is 0.000816. The SMILES string of the molecule is O=C1CCc2c(CC3CC4(CNC4)C3)ccc(Cl)c21. The molecule has 3 heteroatoms. The molecule has 1 aromatic rings. The smallest absolute Gasteiger partial charge is 0.164 e. The Morgan fingerprint density at radius 2 is 2.05 bits per heavy atom. The van der Waals surface area contributed by atoms with Gasteiger partial charge in [0.2, 0.25) is 0 Å². The topological polar surface area (TPSA) is 29.1 Å². The maximum atomic E-state index is 11.9. The first-order chi connectivity index (χ1) is 9.17. The molecule has 1 heterocycles. The zero-order valence-electron chi connectivity index (χ0n) is 11.0. The molecule has 1 spiro atoms. The van der Waals surface area contributed by atoms with Gasteiger partial charge in [-0.2, -0.15) is 0 Å². The van der Waals surface area contributed by atoms with E-state index >= 15 is 0 Å². The molecule has 2 nitrogen and oxygen atoms in total. The Hall–Kier alpha value is -0.860. The normalized spacial score (nSPS) is 24.2. The molecular weight excluding hydrogens is 258 g/mol. The third-order valence-corrected chi connectivity index (χ3v) is 5.51. The summed E-state index contributed by atoms with van der Waals surface area (Å²) in [7, 11) is 0. The van der Waals surface area contributed by atoms with Gasteiger partial charge in [0.05, 0.1) is 5.02 Å². The van der Waals surface area contributed by atoms with Crippen LogP contribution in [-0.4, -0.2) is 18.9 Å². The second-order valence-corrected chi connectivity index (χ2v) is 6.97. The van der Waals surface area contributed by atoms with Gasteiger partial charge < -0.3 is 5.32 Å². The van der Waals surface area contributed by atoms with Gasteiger partial charge >= 0.3 is 0 Å². The van der Waals surface area contributed by atoms with Crippen LogP contribution < -0.4 is 5.32 Å². The van der Waals surface area contributed by atoms with Crippen LogP contribution in [0.15, 0.2) is 12.1 Å². The van der Waals surface area contributed by atoms with Crippen molar-refractivity contribution in [1.82, 2.24) is 5.32 Å². The van der Waals surface area contributed by atoms with Crippen molar-refractivity contribution in [2.45, 2.75) is 32.1 Å². The Morgan fingerprint density at radius 1 is 1.26 bits per heavy atom. The van der Waals surface area contributed by atoms with E-state index in [2.05, 4.69) is 11.4 Å². The Labute approximate surface area is 118 Å². The first-order valence-electron chi connectivity index (χ1n) is 7.21. The Balaban J connectivity index is 1.55. The molecule has 1 saturated carbocycles. The molecule has 1 saturated heterocycles. The first-order valence-corrected chi connectivity index (χ1v) is 7.59. The van der Waals surface area contributed by atoms with Crippen LogP contribution in [0.5, 0.6) is 0 Å². The molecule has 19 heavy (non-hydrogen) atoms. The first kappa shape index (κ1) is 11.9. The number of fused-ring (bicyclic) bond motifs is 1. The van der Waals surface area contributed by atoms with Crippen molar-refractivity contribution in [2.24, 2.45) is 11.3 Å². The van der Waals surface area contributed by atoms with Crippen LogP contribution in [-0.2, 0) is 12.8 Å². The molecule has 0 amide bonds. The summed E-state index contributed by atoms with van der Waals surface area (Å²) in [6, 6.07) is 4.06. The monoisotopic (exact) mass is 275 g/mol. The highest BCUT2D eigenvalue weighted by molar-refractivity contribution is 6.34. The number of Topliss-reactive ketones (excluding diaryl/α,β-unsaturated/α-hetero) is 1. The summed E-state index contributed by atoms with van der Waals surface area (Å²) in [5, 5.41) is 4.03. The summed E-state index contributed by atoms with van der Waals surface area (Å²) in [6.07, 6.45) is 5.37. The lowest BCUT2D eigenvalue weighted by Crippen LogP contribution is -2.60. The zero-order chi connectivity index (χ0) is 13.0. The quantitative estimate of drug-likeness (QED) is 0.899. The van der Waals surface area contributed by atoms with Gasteiger partial charge in [-0.1, -0.05) is 17.7 Å². The van der Waals surface area contributed by atoms with Crippen molar-refractivity contribution in [3.8, 4) is 0 Å². The summed E-state index contributed by atoms with van der Waals surface area (Å²) < 4.78 is 0. The fraction of sp³-hybridized carbons (Fsp3) is 0.562. The number of nitrogens with one attached hydrogen (secondary N) is 1. The molecule has 0 aromatic heterocycles. The van der Waals surface area contributed by atoms with Crippen molar-refractivity contribution in [3.63, 3.8) is 0 Å². The van der Waals surface area contributed by atoms with Gasteiger partial charge in [-0.15, -0.1) is 0 Å². The molecule has 100 valence electrons. The van der Waals surface area contributed by atoms with E-state index in [1.54, 1.807) is 0 Å². The second kappa shape index (κ2) is 4.07. The minimum absolute atomic E-state index is 0.232. The van der Waals surface area contributed by atoms with Gasteiger partial charge in [-0.05, 0) is 54.2 Å². The molecule has 0 unspecified atom stereocenters. The second-order valence-electron chi connectivity index (χ2n) is 6.57. The van der Waals surface area contributed by atoms with E-state index in [0.29, 0.717) is 16.9 Å². The number of rotatable bonds is 2. The lowest BCUT2D eigenvalue weighted by Gasteiger charge is -2.54. The summed E-state index contributed by atoms with van der Waals surface area (Å²) in [5.41, 5.74) is 4.07. The highest BCUT2D eigenvalue weighted by Crippen LogP contribution is 2.50. The van der Waals surface area contributed by atoms with Crippen molar-refractivity contribution in [1.29, 1.82) is 0 Å². The molecule has 1 N–H and O–H groups in total. The number of hydrogen-bond acceptors (Lipinski definition) is 2. The molecular formula is C16H18ClNO. The third kappa shape index (κ3) is 1.77. The van der Waals surface area contributed by atoms with Crippen molar-refractivity contribution < 1.29 is 4.79 Å². The van der Waals surface area contributed by atoms with Gasteiger partial charge in [0.15, 0.2) is 5.78 Å². The predicted molar refractivity (Wildman–Crippen MR) is 75.8 cm³/mol.